The Morgan fingerprint density at radius 3 is 2.81 bits per heavy atom. The predicted octanol–water partition coefficient (Wildman–Crippen LogP) is 2.33. The van der Waals surface area contributed by atoms with E-state index in [0.29, 0.717) is 6.04 Å². The largest absolute Gasteiger partial charge is 0.358 e. The Kier molecular flexibility index (Phi) is 3.50. The quantitative estimate of drug-likeness (QED) is 0.926. The molecule has 1 aliphatic carbocycles. The molecule has 1 saturated carbocycles. The molecule has 2 N–H and O–H groups in total. The molecule has 1 fully saturated rings. The van der Waals surface area contributed by atoms with Crippen molar-refractivity contribution in [2.45, 2.75) is 25.8 Å². The van der Waals surface area contributed by atoms with Gasteiger partial charge in [-0.15, -0.1) is 0 Å². The number of halogens is 1. The first-order valence-electron chi connectivity index (χ1n) is 5.65. The van der Waals surface area contributed by atoms with Gasteiger partial charge in [0.2, 0.25) is 0 Å². The Balaban J connectivity index is 2.00. The summed E-state index contributed by atoms with van der Waals surface area (Å²) in [5, 5.41) is 0. The molecule has 0 atom stereocenters. The summed E-state index contributed by atoms with van der Waals surface area (Å²) in [6.07, 6.45) is 4.20. The van der Waals surface area contributed by atoms with Crippen molar-refractivity contribution < 1.29 is 0 Å². The van der Waals surface area contributed by atoms with Crippen LogP contribution in [0.3, 0.4) is 0 Å². The molecule has 1 aromatic heterocycles. The average molecular weight is 284 g/mol. The van der Waals surface area contributed by atoms with E-state index in [1.165, 1.54) is 5.56 Å². The fourth-order valence-electron chi connectivity index (χ4n) is 2.22. The molecule has 0 radical (unpaired) electrons. The second kappa shape index (κ2) is 4.72. The highest BCUT2D eigenvalue weighted by Crippen LogP contribution is 2.29. The number of nitrogens with two attached hydrogens (primary N) is 1. The summed E-state index contributed by atoms with van der Waals surface area (Å²) in [5.74, 6) is 1.75. The lowest BCUT2D eigenvalue weighted by molar-refractivity contribution is 0.270. The Labute approximate surface area is 105 Å². The highest BCUT2D eigenvalue weighted by atomic mass is 79.9. The lowest BCUT2D eigenvalue weighted by Crippen LogP contribution is -2.42. The predicted molar refractivity (Wildman–Crippen MR) is 70.6 cm³/mol. The zero-order valence-electron chi connectivity index (χ0n) is 9.78. The third-order valence-electron chi connectivity index (χ3n) is 3.12. The second-order valence-corrected chi connectivity index (χ2v) is 5.65. The third-order valence-corrected chi connectivity index (χ3v) is 3.71. The van der Waals surface area contributed by atoms with Gasteiger partial charge < -0.3 is 10.6 Å². The minimum absolute atomic E-state index is 0.424. The molecule has 0 aromatic carbocycles. The van der Waals surface area contributed by atoms with E-state index < -0.39 is 0 Å². The van der Waals surface area contributed by atoms with Gasteiger partial charge in [-0.3, -0.25) is 0 Å². The zero-order valence-corrected chi connectivity index (χ0v) is 11.4. The first-order chi connectivity index (χ1) is 7.56. The Morgan fingerprint density at radius 2 is 2.25 bits per heavy atom. The molecular formula is C12H18BrN3. The van der Waals surface area contributed by atoms with Crippen LogP contribution in [0.2, 0.25) is 0 Å². The van der Waals surface area contributed by atoms with Gasteiger partial charge in [0, 0.05) is 25.8 Å². The van der Waals surface area contributed by atoms with E-state index in [2.05, 4.69) is 38.9 Å². The minimum Gasteiger partial charge on any atom is -0.358 e. The van der Waals surface area contributed by atoms with Crippen molar-refractivity contribution in [1.82, 2.24) is 4.98 Å². The molecule has 1 aliphatic rings. The first kappa shape index (κ1) is 11.9. The summed E-state index contributed by atoms with van der Waals surface area (Å²) in [7, 11) is 2.09. The molecule has 0 spiro atoms. The number of aryl methyl sites for hydroxylation is 1. The number of anilines is 1. The van der Waals surface area contributed by atoms with E-state index in [0.717, 1.165) is 35.6 Å². The van der Waals surface area contributed by atoms with Gasteiger partial charge in [0.1, 0.15) is 5.82 Å². The normalized spacial score (nSPS) is 24.0. The van der Waals surface area contributed by atoms with Crippen LogP contribution in [0.5, 0.6) is 0 Å². The topological polar surface area (TPSA) is 42.2 Å². The molecule has 0 aliphatic heterocycles. The van der Waals surface area contributed by atoms with Gasteiger partial charge in [-0.1, -0.05) is 0 Å². The molecule has 1 aromatic rings. The first-order valence-corrected chi connectivity index (χ1v) is 6.44. The fraction of sp³-hybridized carbons (Fsp3) is 0.583. The van der Waals surface area contributed by atoms with Crippen molar-refractivity contribution in [2.24, 2.45) is 11.7 Å². The lowest BCUT2D eigenvalue weighted by atomic mass is 9.80. The van der Waals surface area contributed by atoms with Crippen molar-refractivity contribution in [1.29, 1.82) is 0 Å². The molecule has 0 bridgehead atoms. The van der Waals surface area contributed by atoms with Crippen LogP contribution >= 0.6 is 15.9 Å². The molecule has 16 heavy (non-hydrogen) atoms. The van der Waals surface area contributed by atoms with E-state index in [-0.39, 0.29) is 0 Å². The van der Waals surface area contributed by atoms with Gasteiger partial charge in [-0.05, 0) is 53.2 Å². The highest BCUT2D eigenvalue weighted by Gasteiger charge is 2.27. The Morgan fingerprint density at radius 1 is 1.56 bits per heavy atom. The molecule has 0 amide bonds. The number of rotatable bonds is 3. The van der Waals surface area contributed by atoms with Gasteiger partial charge in [-0.25, -0.2) is 4.98 Å². The average Bonchev–Trinajstić information content (AvgIpc) is 2.15. The minimum atomic E-state index is 0.424. The third kappa shape index (κ3) is 2.55. The molecule has 1 heterocycles. The van der Waals surface area contributed by atoms with Crippen LogP contribution in [0.25, 0.3) is 0 Å². The lowest BCUT2D eigenvalue weighted by Gasteiger charge is -2.35. The standard InChI is InChI=1S/C12H18BrN3/c1-8-3-11(13)12(15-6-8)16(2)7-9-4-10(14)5-9/h3,6,9-10H,4-5,7,14H2,1-2H3. The maximum absolute atomic E-state index is 5.79. The number of hydrogen-bond acceptors (Lipinski definition) is 3. The van der Waals surface area contributed by atoms with E-state index in [9.17, 15) is 0 Å². The van der Waals surface area contributed by atoms with E-state index >= 15 is 0 Å². The summed E-state index contributed by atoms with van der Waals surface area (Å²) in [5.41, 5.74) is 6.97. The molecule has 3 nitrogen and oxygen atoms in total. The summed E-state index contributed by atoms with van der Waals surface area (Å²) >= 11 is 3.56. The Hall–Kier alpha value is -0.610. The van der Waals surface area contributed by atoms with Gasteiger partial charge in [0.15, 0.2) is 0 Å². The van der Waals surface area contributed by atoms with E-state index in [1.807, 2.05) is 13.1 Å². The molecular weight excluding hydrogens is 266 g/mol. The number of hydrogen-bond donors (Lipinski definition) is 1. The summed E-state index contributed by atoms with van der Waals surface area (Å²) in [6.45, 7) is 3.09. The summed E-state index contributed by atoms with van der Waals surface area (Å²) in [6, 6.07) is 2.53. The maximum Gasteiger partial charge on any atom is 0.142 e. The molecule has 0 unspecified atom stereocenters. The SMILES string of the molecule is Cc1cnc(N(C)CC2CC(N)C2)c(Br)c1. The Bertz CT molecular complexity index is 375. The molecule has 0 saturated heterocycles. The highest BCUT2D eigenvalue weighted by molar-refractivity contribution is 9.10. The molecule has 88 valence electrons. The zero-order chi connectivity index (χ0) is 11.7. The van der Waals surface area contributed by atoms with Crippen LogP contribution in [0.4, 0.5) is 5.82 Å². The van der Waals surface area contributed by atoms with Crippen molar-refractivity contribution in [3.63, 3.8) is 0 Å². The van der Waals surface area contributed by atoms with Gasteiger partial charge in [-0.2, -0.15) is 0 Å². The van der Waals surface area contributed by atoms with Crippen LogP contribution in [0.1, 0.15) is 18.4 Å². The summed E-state index contributed by atoms with van der Waals surface area (Å²) in [4.78, 5) is 6.66. The fourth-order valence-corrected chi connectivity index (χ4v) is 2.98. The van der Waals surface area contributed by atoms with Crippen molar-refractivity contribution in [3.05, 3.63) is 22.3 Å². The van der Waals surface area contributed by atoms with Crippen LogP contribution in [-0.2, 0) is 0 Å². The van der Waals surface area contributed by atoms with Crippen LogP contribution in [-0.4, -0.2) is 24.6 Å². The maximum atomic E-state index is 5.79. The number of aromatic nitrogens is 1. The van der Waals surface area contributed by atoms with Crippen LogP contribution < -0.4 is 10.6 Å². The molecule has 4 heteroatoms. The van der Waals surface area contributed by atoms with Gasteiger partial charge in [0.25, 0.3) is 0 Å². The van der Waals surface area contributed by atoms with E-state index in [1.54, 1.807) is 0 Å². The van der Waals surface area contributed by atoms with Crippen molar-refractivity contribution in [2.75, 3.05) is 18.5 Å². The van der Waals surface area contributed by atoms with Gasteiger partial charge >= 0.3 is 0 Å². The second-order valence-electron chi connectivity index (χ2n) is 4.80. The molecule has 2 rings (SSSR count). The smallest absolute Gasteiger partial charge is 0.142 e. The monoisotopic (exact) mass is 283 g/mol. The van der Waals surface area contributed by atoms with Crippen LogP contribution in [0.15, 0.2) is 16.7 Å². The van der Waals surface area contributed by atoms with Crippen molar-refractivity contribution >= 4 is 21.7 Å². The van der Waals surface area contributed by atoms with Crippen molar-refractivity contribution in [3.8, 4) is 0 Å². The van der Waals surface area contributed by atoms with Crippen LogP contribution in [0, 0.1) is 12.8 Å². The summed E-state index contributed by atoms with van der Waals surface area (Å²) < 4.78 is 1.07. The number of pyridine rings is 1. The number of nitrogens with zero attached hydrogens (tertiary/aromatic N) is 2. The van der Waals surface area contributed by atoms with Gasteiger partial charge in [0.05, 0.1) is 4.47 Å². The van der Waals surface area contributed by atoms with E-state index in [4.69, 9.17) is 5.73 Å².